The molecule has 1 N–H and O–H groups in total. The van der Waals surface area contributed by atoms with E-state index >= 15 is 0 Å². The number of hydrogen-bond acceptors (Lipinski definition) is 2. The van der Waals surface area contributed by atoms with E-state index in [1.807, 2.05) is 18.2 Å². The van der Waals surface area contributed by atoms with E-state index in [0.29, 0.717) is 5.15 Å². The molecule has 0 radical (unpaired) electrons. The van der Waals surface area contributed by atoms with Crippen LogP contribution in [0.2, 0.25) is 5.15 Å². The Labute approximate surface area is 101 Å². The van der Waals surface area contributed by atoms with Crippen molar-refractivity contribution in [2.45, 2.75) is 19.9 Å². The van der Waals surface area contributed by atoms with Crippen LogP contribution in [0.4, 0.5) is 0 Å². The van der Waals surface area contributed by atoms with E-state index in [-0.39, 0.29) is 0 Å². The van der Waals surface area contributed by atoms with Gasteiger partial charge in [0, 0.05) is 17.5 Å². The fourth-order valence-corrected chi connectivity index (χ4v) is 1.87. The molecule has 16 heavy (non-hydrogen) atoms. The molecule has 0 saturated heterocycles. The summed E-state index contributed by atoms with van der Waals surface area (Å²) in [6.07, 6.45) is 1.12. The van der Waals surface area contributed by atoms with Gasteiger partial charge in [0.25, 0.3) is 0 Å². The SMILES string of the molecule is CCCNCc1cc2ccccc2nc1Cl. The minimum Gasteiger partial charge on any atom is -0.313 e. The first-order valence-electron chi connectivity index (χ1n) is 5.56. The molecular formula is C13H15ClN2. The molecule has 0 saturated carbocycles. The minimum absolute atomic E-state index is 0.599. The van der Waals surface area contributed by atoms with Crippen molar-refractivity contribution in [3.63, 3.8) is 0 Å². The normalized spacial score (nSPS) is 10.9. The maximum absolute atomic E-state index is 6.13. The monoisotopic (exact) mass is 234 g/mol. The smallest absolute Gasteiger partial charge is 0.134 e. The Bertz CT molecular complexity index is 482. The van der Waals surface area contributed by atoms with Crippen LogP contribution in [-0.2, 0) is 6.54 Å². The molecule has 3 heteroatoms. The number of pyridine rings is 1. The van der Waals surface area contributed by atoms with Crippen molar-refractivity contribution in [1.82, 2.24) is 10.3 Å². The first-order valence-corrected chi connectivity index (χ1v) is 5.94. The Morgan fingerprint density at radius 3 is 2.94 bits per heavy atom. The number of fused-ring (bicyclic) bond motifs is 1. The van der Waals surface area contributed by atoms with Gasteiger partial charge in [0.15, 0.2) is 0 Å². The minimum atomic E-state index is 0.599. The molecule has 0 aliphatic rings. The van der Waals surface area contributed by atoms with Crippen molar-refractivity contribution in [3.05, 3.63) is 41.0 Å². The Balaban J connectivity index is 2.27. The first-order chi connectivity index (χ1) is 7.81. The predicted octanol–water partition coefficient (Wildman–Crippen LogP) is 3.39. The van der Waals surface area contributed by atoms with E-state index in [0.717, 1.165) is 36.0 Å². The molecule has 2 rings (SSSR count). The van der Waals surface area contributed by atoms with E-state index in [1.165, 1.54) is 0 Å². The number of nitrogens with zero attached hydrogens (tertiary/aromatic N) is 1. The second kappa shape index (κ2) is 5.28. The van der Waals surface area contributed by atoms with Crippen molar-refractivity contribution >= 4 is 22.5 Å². The average molecular weight is 235 g/mol. The standard InChI is InChI=1S/C13H15ClN2/c1-2-7-15-9-11-8-10-5-3-4-6-12(10)16-13(11)14/h3-6,8,15H,2,7,9H2,1H3. The lowest BCUT2D eigenvalue weighted by atomic mass is 10.1. The van der Waals surface area contributed by atoms with E-state index in [1.54, 1.807) is 0 Å². The predicted molar refractivity (Wildman–Crippen MR) is 68.8 cm³/mol. The van der Waals surface area contributed by atoms with Crippen molar-refractivity contribution in [3.8, 4) is 0 Å². The third kappa shape index (κ3) is 2.52. The van der Waals surface area contributed by atoms with Crippen LogP contribution in [0.5, 0.6) is 0 Å². The first kappa shape index (κ1) is 11.4. The third-order valence-corrected chi connectivity index (χ3v) is 2.82. The molecule has 0 aliphatic heterocycles. The van der Waals surface area contributed by atoms with E-state index < -0.39 is 0 Å². The summed E-state index contributed by atoms with van der Waals surface area (Å²) < 4.78 is 0. The van der Waals surface area contributed by atoms with Gasteiger partial charge >= 0.3 is 0 Å². The molecule has 0 amide bonds. The molecule has 1 aromatic carbocycles. The fraction of sp³-hybridized carbons (Fsp3) is 0.308. The van der Waals surface area contributed by atoms with Gasteiger partial charge in [0.2, 0.25) is 0 Å². The third-order valence-electron chi connectivity index (χ3n) is 2.49. The Hall–Kier alpha value is -1.12. The summed E-state index contributed by atoms with van der Waals surface area (Å²) >= 11 is 6.13. The summed E-state index contributed by atoms with van der Waals surface area (Å²) in [5.41, 5.74) is 2.01. The summed E-state index contributed by atoms with van der Waals surface area (Å²) in [6.45, 7) is 3.93. The van der Waals surface area contributed by atoms with Crippen LogP contribution in [0.25, 0.3) is 10.9 Å². The van der Waals surface area contributed by atoms with Crippen LogP contribution in [0.1, 0.15) is 18.9 Å². The van der Waals surface area contributed by atoms with Crippen LogP contribution in [0.15, 0.2) is 30.3 Å². The molecule has 1 aromatic heterocycles. The molecule has 2 aromatic rings. The fourth-order valence-electron chi connectivity index (χ4n) is 1.66. The van der Waals surface area contributed by atoms with Gasteiger partial charge in [-0.1, -0.05) is 36.7 Å². The average Bonchev–Trinajstić information content (AvgIpc) is 2.30. The molecule has 0 atom stereocenters. The highest BCUT2D eigenvalue weighted by molar-refractivity contribution is 6.30. The van der Waals surface area contributed by atoms with Crippen LogP contribution in [-0.4, -0.2) is 11.5 Å². The molecule has 2 nitrogen and oxygen atoms in total. The van der Waals surface area contributed by atoms with Gasteiger partial charge in [-0.15, -0.1) is 0 Å². The van der Waals surface area contributed by atoms with Gasteiger partial charge in [-0.2, -0.15) is 0 Å². The molecule has 0 spiro atoms. The molecule has 0 unspecified atom stereocenters. The highest BCUT2D eigenvalue weighted by atomic mass is 35.5. The zero-order valence-electron chi connectivity index (χ0n) is 9.33. The second-order valence-electron chi connectivity index (χ2n) is 3.81. The lowest BCUT2D eigenvalue weighted by molar-refractivity contribution is 0.675. The molecule has 0 aliphatic carbocycles. The Morgan fingerprint density at radius 1 is 1.31 bits per heavy atom. The topological polar surface area (TPSA) is 24.9 Å². The number of hydrogen-bond donors (Lipinski definition) is 1. The summed E-state index contributed by atoms with van der Waals surface area (Å²) in [5.74, 6) is 0. The van der Waals surface area contributed by atoms with E-state index in [2.05, 4.69) is 29.4 Å². The number of rotatable bonds is 4. The molecule has 0 bridgehead atoms. The summed E-state index contributed by atoms with van der Waals surface area (Å²) in [7, 11) is 0. The largest absolute Gasteiger partial charge is 0.313 e. The zero-order chi connectivity index (χ0) is 11.4. The van der Waals surface area contributed by atoms with Gasteiger partial charge in [0.1, 0.15) is 5.15 Å². The van der Waals surface area contributed by atoms with Gasteiger partial charge in [-0.05, 0) is 25.1 Å². The Kier molecular flexibility index (Phi) is 3.75. The second-order valence-corrected chi connectivity index (χ2v) is 4.17. The van der Waals surface area contributed by atoms with Crippen molar-refractivity contribution in [1.29, 1.82) is 0 Å². The number of benzene rings is 1. The number of nitrogens with one attached hydrogen (secondary N) is 1. The quantitative estimate of drug-likeness (QED) is 0.648. The number of para-hydroxylation sites is 1. The maximum Gasteiger partial charge on any atom is 0.134 e. The van der Waals surface area contributed by atoms with Crippen LogP contribution >= 0.6 is 11.6 Å². The van der Waals surface area contributed by atoms with Crippen LogP contribution in [0.3, 0.4) is 0 Å². The maximum atomic E-state index is 6.13. The summed E-state index contributed by atoms with van der Waals surface area (Å²) in [6, 6.07) is 10.1. The molecule has 1 heterocycles. The lowest BCUT2D eigenvalue weighted by Crippen LogP contribution is -2.14. The summed E-state index contributed by atoms with van der Waals surface area (Å²) in [5, 5.41) is 5.07. The van der Waals surface area contributed by atoms with Crippen molar-refractivity contribution in [2.75, 3.05) is 6.54 Å². The number of aromatic nitrogens is 1. The van der Waals surface area contributed by atoms with Crippen LogP contribution in [0, 0.1) is 0 Å². The molecule has 84 valence electrons. The molecular weight excluding hydrogens is 220 g/mol. The van der Waals surface area contributed by atoms with E-state index in [9.17, 15) is 0 Å². The highest BCUT2D eigenvalue weighted by Crippen LogP contribution is 2.20. The highest BCUT2D eigenvalue weighted by Gasteiger charge is 2.03. The van der Waals surface area contributed by atoms with Gasteiger partial charge in [-0.25, -0.2) is 4.98 Å². The Morgan fingerprint density at radius 2 is 2.12 bits per heavy atom. The van der Waals surface area contributed by atoms with Crippen LogP contribution < -0.4 is 5.32 Å². The van der Waals surface area contributed by atoms with Gasteiger partial charge < -0.3 is 5.32 Å². The summed E-state index contributed by atoms with van der Waals surface area (Å²) in [4.78, 5) is 4.38. The van der Waals surface area contributed by atoms with Crippen molar-refractivity contribution < 1.29 is 0 Å². The molecule has 0 fully saturated rings. The van der Waals surface area contributed by atoms with Gasteiger partial charge in [-0.3, -0.25) is 0 Å². The zero-order valence-corrected chi connectivity index (χ0v) is 10.1. The lowest BCUT2D eigenvalue weighted by Gasteiger charge is -2.06. The van der Waals surface area contributed by atoms with Crippen molar-refractivity contribution in [2.24, 2.45) is 0 Å². The van der Waals surface area contributed by atoms with E-state index in [4.69, 9.17) is 11.6 Å². The van der Waals surface area contributed by atoms with Gasteiger partial charge in [0.05, 0.1) is 5.52 Å². The number of halogens is 1.